The molecule has 1 heteroatoms. The SMILES string of the molecule is CC1(C)c2ccccc2Oc2c(-c3ccc4c(c3)C3(c5ccccc5-c5ccccc53)c3ccc5ccccc5c3-4)cccc21. The van der Waals surface area contributed by atoms with Crippen molar-refractivity contribution in [1.82, 2.24) is 0 Å². The molecule has 1 spiro atoms. The normalized spacial score (nSPS) is 15.4. The predicted octanol–water partition coefficient (Wildman–Crippen LogP) is 11.3. The Morgan fingerprint density at radius 2 is 1.09 bits per heavy atom. The molecule has 0 aromatic heterocycles. The van der Waals surface area contributed by atoms with Crippen LogP contribution in [0.1, 0.15) is 47.2 Å². The van der Waals surface area contributed by atoms with Crippen molar-refractivity contribution in [3.05, 3.63) is 179 Å². The van der Waals surface area contributed by atoms with Crippen molar-refractivity contribution in [2.75, 3.05) is 0 Å². The van der Waals surface area contributed by atoms with E-state index in [0.29, 0.717) is 0 Å². The highest BCUT2D eigenvalue weighted by Crippen LogP contribution is 2.64. The van der Waals surface area contributed by atoms with E-state index in [0.717, 1.165) is 17.1 Å². The molecule has 0 unspecified atom stereocenters. The smallest absolute Gasteiger partial charge is 0.139 e. The molecule has 1 aliphatic heterocycles. The van der Waals surface area contributed by atoms with Crippen LogP contribution in [0, 0.1) is 0 Å². The molecule has 212 valence electrons. The van der Waals surface area contributed by atoms with Crippen molar-refractivity contribution in [2.45, 2.75) is 24.7 Å². The summed E-state index contributed by atoms with van der Waals surface area (Å²) in [5.41, 5.74) is 14.9. The summed E-state index contributed by atoms with van der Waals surface area (Å²) >= 11 is 0. The molecule has 0 saturated carbocycles. The van der Waals surface area contributed by atoms with Gasteiger partial charge in [-0.15, -0.1) is 0 Å². The van der Waals surface area contributed by atoms with Crippen LogP contribution in [0.4, 0.5) is 0 Å². The number of rotatable bonds is 1. The Labute approximate surface area is 263 Å². The first kappa shape index (κ1) is 25.0. The van der Waals surface area contributed by atoms with E-state index in [1.54, 1.807) is 0 Å². The van der Waals surface area contributed by atoms with Gasteiger partial charge in [-0.2, -0.15) is 0 Å². The molecule has 1 heterocycles. The first-order valence-corrected chi connectivity index (χ1v) is 15.9. The second-order valence-electron chi connectivity index (χ2n) is 13.2. The Morgan fingerprint density at radius 1 is 0.444 bits per heavy atom. The molecular formula is C44H30O. The standard InChI is InChI=1S/C44H30O/c1-43(2)36-19-9-10-21-40(36)45-42-30(16-11-20-38(42)43)28-22-24-33-39(26-28)44(37-25-23-27-12-3-4-13-29(27)41(33)37)34-17-7-5-14-31(34)32-15-6-8-18-35(32)44/h3-26H,1-2H3. The number of hydrogen-bond donors (Lipinski definition) is 0. The van der Waals surface area contributed by atoms with Crippen molar-refractivity contribution >= 4 is 10.8 Å². The number of ether oxygens (including phenoxy) is 1. The first-order valence-electron chi connectivity index (χ1n) is 15.9. The number of para-hydroxylation sites is 2. The largest absolute Gasteiger partial charge is 0.456 e. The summed E-state index contributed by atoms with van der Waals surface area (Å²) in [6.07, 6.45) is 0. The lowest BCUT2D eigenvalue weighted by atomic mass is 9.70. The van der Waals surface area contributed by atoms with Crippen LogP contribution in [-0.2, 0) is 10.8 Å². The molecule has 10 rings (SSSR count). The molecule has 45 heavy (non-hydrogen) atoms. The highest BCUT2D eigenvalue weighted by Gasteiger charge is 2.52. The molecule has 0 fully saturated rings. The maximum Gasteiger partial charge on any atom is 0.139 e. The van der Waals surface area contributed by atoms with Gasteiger partial charge in [0.25, 0.3) is 0 Å². The third-order valence-corrected chi connectivity index (χ3v) is 10.8. The summed E-state index contributed by atoms with van der Waals surface area (Å²) < 4.78 is 6.77. The van der Waals surface area contributed by atoms with Gasteiger partial charge in [0.1, 0.15) is 11.5 Å². The third-order valence-electron chi connectivity index (χ3n) is 10.8. The van der Waals surface area contributed by atoms with Gasteiger partial charge in [-0.25, -0.2) is 0 Å². The zero-order chi connectivity index (χ0) is 29.9. The van der Waals surface area contributed by atoms with Crippen molar-refractivity contribution < 1.29 is 4.74 Å². The van der Waals surface area contributed by atoms with Gasteiger partial charge in [0, 0.05) is 22.1 Å². The Bertz CT molecular complexity index is 2340. The van der Waals surface area contributed by atoms with Crippen LogP contribution in [-0.4, -0.2) is 0 Å². The minimum Gasteiger partial charge on any atom is -0.456 e. The molecule has 0 saturated heterocycles. The molecule has 0 atom stereocenters. The van der Waals surface area contributed by atoms with Crippen LogP contribution < -0.4 is 4.74 Å². The van der Waals surface area contributed by atoms with Crippen molar-refractivity contribution in [3.8, 4) is 44.9 Å². The molecule has 7 aromatic carbocycles. The van der Waals surface area contributed by atoms with E-state index < -0.39 is 5.41 Å². The van der Waals surface area contributed by atoms with Gasteiger partial charge in [0.2, 0.25) is 0 Å². The molecule has 0 N–H and O–H groups in total. The third kappa shape index (κ3) is 3.03. The van der Waals surface area contributed by atoms with E-state index in [-0.39, 0.29) is 5.41 Å². The van der Waals surface area contributed by atoms with Crippen LogP contribution in [0.2, 0.25) is 0 Å². The maximum atomic E-state index is 6.77. The molecule has 3 aliphatic rings. The number of hydrogen-bond acceptors (Lipinski definition) is 1. The fourth-order valence-electron chi connectivity index (χ4n) is 8.77. The Balaban J connectivity index is 1.30. The average Bonchev–Trinajstić information content (AvgIpc) is 3.55. The Morgan fingerprint density at radius 3 is 1.89 bits per heavy atom. The van der Waals surface area contributed by atoms with Crippen LogP contribution in [0.5, 0.6) is 11.5 Å². The molecule has 7 aromatic rings. The summed E-state index contributed by atoms with van der Waals surface area (Å²) in [6, 6.07) is 53.9. The summed E-state index contributed by atoms with van der Waals surface area (Å²) in [6.45, 7) is 4.62. The quantitative estimate of drug-likeness (QED) is 0.189. The number of benzene rings is 7. The van der Waals surface area contributed by atoms with Gasteiger partial charge in [-0.3, -0.25) is 0 Å². The fraction of sp³-hybridized carbons (Fsp3) is 0.0909. The van der Waals surface area contributed by atoms with Gasteiger partial charge in [0.15, 0.2) is 0 Å². The van der Waals surface area contributed by atoms with Gasteiger partial charge >= 0.3 is 0 Å². The summed E-state index contributed by atoms with van der Waals surface area (Å²) in [5, 5.41) is 2.58. The van der Waals surface area contributed by atoms with E-state index in [1.807, 2.05) is 0 Å². The van der Waals surface area contributed by atoms with Crippen molar-refractivity contribution in [1.29, 1.82) is 0 Å². The lowest BCUT2D eigenvalue weighted by molar-refractivity contribution is 0.419. The van der Waals surface area contributed by atoms with Crippen molar-refractivity contribution in [3.63, 3.8) is 0 Å². The van der Waals surface area contributed by atoms with Crippen molar-refractivity contribution in [2.24, 2.45) is 0 Å². The Kier molecular flexibility index (Phi) is 4.78. The van der Waals surface area contributed by atoms with E-state index in [2.05, 4.69) is 159 Å². The molecular weight excluding hydrogens is 544 g/mol. The van der Waals surface area contributed by atoms with Crippen LogP contribution in [0.3, 0.4) is 0 Å². The monoisotopic (exact) mass is 574 g/mol. The fourth-order valence-corrected chi connectivity index (χ4v) is 8.77. The molecule has 0 amide bonds. The Hall–Kier alpha value is -5.40. The van der Waals surface area contributed by atoms with E-state index in [9.17, 15) is 0 Å². The van der Waals surface area contributed by atoms with Gasteiger partial charge in [-0.1, -0.05) is 147 Å². The topological polar surface area (TPSA) is 9.23 Å². The number of fused-ring (bicyclic) bond motifs is 14. The molecule has 2 aliphatic carbocycles. The first-order chi connectivity index (χ1) is 22.1. The lowest BCUT2D eigenvalue weighted by Crippen LogP contribution is -2.26. The second kappa shape index (κ2) is 8.61. The second-order valence-corrected chi connectivity index (χ2v) is 13.2. The summed E-state index contributed by atoms with van der Waals surface area (Å²) in [7, 11) is 0. The van der Waals surface area contributed by atoms with E-state index >= 15 is 0 Å². The zero-order valence-corrected chi connectivity index (χ0v) is 25.3. The highest BCUT2D eigenvalue weighted by atomic mass is 16.5. The summed E-state index contributed by atoms with van der Waals surface area (Å²) in [5.74, 6) is 1.90. The van der Waals surface area contributed by atoms with Gasteiger partial charge in [-0.05, 0) is 73.0 Å². The minimum atomic E-state index is -0.403. The summed E-state index contributed by atoms with van der Waals surface area (Å²) in [4.78, 5) is 0. The predicted molar refractivity (Wildman–Crippen MR) is 184 cm³/mol. The van der Waals surface area contributed by atoms with Gasteiger partial charge in [0.05, 0.1) is 5.41 Å². The lowest BCUT2D eigenvalue weighted by Gasteiger charge is -2.35. The van der Waals surface area contributed by atoms with Crippen LogP contribution >= 0.6 is 0 Å². The zero-order valence-electron chi connectivity index (χ0n) is 25.3. The van der Waals surface area contributed by atoms with E-state index in [4.69, 9.17) is 4.74 Å². The molecule has 0 radical (unpaired) electrons. The molecule has 0 bridgehead atoms. The van der Waals surface area contributed by atoms with Crippen LogP contribution in [0.15, 0.2) is 146 Å². The molecule has 1 nitrogen and oxygen atoms in total. The average molecular weight is 575 g/mol. The minimum absolute atomic E-state index is 0.170. The highest BCUT2D eigenvalue weighted by molar-refractivity contribution is 6.06. The van der Waals surface area contributed by atoms with E-state index in [1.165, 1.54) is 72.0 Å². The van der Waals surface area contributed by atoms with Gasteiger partial charge < -0.3 is 4.74 Å². The maximum absolute atomic E-state index is 6.77. The van der Waals surface area contributed by atoms with Crippen LogP contribution in [0.25, 0.3) is 44.2 Å².